The lowest BCUT2D eigenvalue weighted by atomic mass is 9.88. The van der Waals surface area contributed by atoms with Crippen molar-refractivity contribution in [3.8, 4) is 33.4 Å². The van der Waals surface area contributed by atoms with Crippen molar-refractivity contribution in [2.24, 2.45) is 0 Å². The lowest BCUT2D eigenvalue weighted by Crippen LogP contribution is -1.89. The van der Waals surface area contributed by atoms with Crippen LogP contribution in [-0.2, 0) is 0 Å². The van der Waals surface area contributed by atoms with Gasteiger partial charge >= 0.3 is 0 Å². The predicted octanol–water partition coefficient (Wildman–Crippen LogP) is 12.5. The van der Waals surface area contributed by atoms with E-state index in [0.717, 1.165) is 0 Å². The van der Waals surface area contributed by atoms with Crippen LogP contribution in [0.2, 0.25) is 0 Å². The van der Waals surface area contributed by atoms with Gasteiger partial charge in [0, 0.05) is 0 Å². The molecule has 0 amide bonds. The summed E-state index contributed by atoms with van der Waals surface area (Å²) in [5.41, 5.74) is 2.51. The Bertz CT molecular complexity index is 3620. The quantitative estimate of drug-likeness (QED) is 0.185. The highest BCUT2D eigenvalue weighted by Gasteiger charge is 2.14. The van der Waals surface area contributed by atoms with Crippen LogP contribution in [0.5, 0.6) is 0 Å². The summed E-state index contributed by atoms with van der Waals surface area (Å²) in [5.74, 6) is 0. The van der Waals surface area contributed by atoms with E-state index >= 15 is 0 Å². The fourth-order valence-electron chi connectivity index (χ4n) is 6.35. The predicted molar refractivity (Wildman–Crippen MR) is 190 cm³/mol. The fraction of sp³-hybridized carbons (Fsp3) is 0. The van der Waals surface area contributed by atoms with Crippen LogP contribution in [0.1, 0.15) is 23.3 Å². The molecule has 10 rings (SSSR count). The summed E-state index contributed by atoms with van der Waals surface area (Å²) < 4.78 is 150. The Balaban J connectivity index is 1.23. The van der Waals surface area contributed by atoms with Gasteiger partial charge in [0.25, 0.3) is 0 Å². The summed E-state index contributed by atoms with van der Waals surface area (Å²) in [4.78, 5) is 0. The Labute approximate surface area is 279 Å². The molecule has 0 saturated heterocycles. The molecule has 0 N–H and O–H groups in total. The molecule has 0 aliphatic carbocycles. The average molecular weight is 572 g/mol. The molecule has 0 atom stereocenters. The Hall–Kier alpha value is -5.72. The smallest absolute Gasteiger partial charge is 0.0610 e. The van der Waals surface area contributed by atoms with Gasteiger partial charge in [-0.1, -0.05) is 145 Å². The van der Waals surface area contributed by atoms with Gasteiger partial charge in [-0.05, 0) is 110 Å². The molecule has 0 fully saturated rings. The minimum absolute atomic E-state index is 0.0301. The molecule has 0 aromatic heterocycles. The molecule has 0 heterocycles. The van der Waals surface area contributed by atoms with E-state index in [9.17, 15) is 4.11 Å². The van der Waals surface area contributed by atoms with Crippen LogP contribution in [0.15, 0.2) is 157 Å². The van der Waals surface area contributed by atoms with Crippen molar-refractivity contribution in [2.45, 2.75) is 0 Å². The normalized spacial score (nSPS) is 17.5. The maximum absolute atomic E-state index is 9.23. The maximum atomic E-state index is 9.23. The van der Waals surface area contributed by atoms with Crippen molar-refractivity contribution in [3.05, 3.63) is 157 Å². The van der Waals surface area contributed by atoms with Gasteiger partial charge in [-0.15, -0.1) is 0 Å². The van der Waals surface area contributed by atoms with Crippen LogP contribution < -0.4 is 0 Å². The molecule has 0 bridgehead atoms. The van der Waals surface area contributed by atoms with E-state index in [2.05, 4.69) is 0 Å². The van der Waals surface area contributed by atoms with Crippen molar-refractivity contribution < 1.29 is 23.3 Å². The van der Waals surface area contributed by atoms with E-state index in [1.165, 1.54) is 6.07 Å². The third kappa shape index (κ3) is 3.34. The van der Waals surface area contributed by atoms with Gasteiger partial charge in [-0.2, -0.15) is 0 Å². The van der Waals surface area contributed by atoms with Crippen molar-refractivity contribution in [1.29, 1.82) is 0 Å². The number of rotatable bonds is 3. The molecule has 0 aliphatic heterocycles. The van der Waals surface area contributed by atoms with Gasteiger partial charge < -0.3 is 0 Å². The minimum atomic E-state index is -0.552. The average Bonchev–Trinajstić information content (AvgIpc) is 3.24. The fourth-order valence-corrected chi connectivity index (χ4v) is 6.35. The standard InChI is InChI=1S/C44H26/c1-5-27-13-15-31-17-21-37(39-23-19-29(7-1)41(27)43(31)39)35-11-3-9-33(25-35)34-10-4-12-36(26-34)38-22-18-32-16-14-28-6-2-8-30-20-24-40(38)44(32)42(28)30/h1-26H/i1D,2D,5D,6D,7D,8D,13D,14D,15D,16D,17D,18D,19D,20D,21D,23D,24D. The molecular formula is C44H26. The SMILES string of the molecule is [2H]c1c([2H])c2c([2H])c([2H])c3c([2H])cc(-c4cccc(-c5cccc(-c6c([2H])c([2H])c7c([2H])c([2H])c8c([2H])c([2H])c([2H])c9c([2H])c([2H])c6c7c89)c5)c4)c4c([2H])c([2H])c(c1[2H])c2c34. The highest BCUT2D eigenvalue weighted by atomic mass is 14.2. The van der Waals surface area contributed by atoms with E-state index in [4.69, 9.17) is 19.2 Å². The second-order valence-electron chi connectivity index (χ2n) is 10.7. The third-order valence-electron chi connectivity index (χ3n) is 8.35. The lowest BCUT2D eigenvalue weighted by molar-refractivity contribution is 1.60. The molecule has 0 spiro atoms. The second-order valence-corrected chi connectivity index (χ2v) is 10.7. The monoisotopic (exact) mass is 571 g/mol. The molecule has 44 heavy (non-hydrogen) atoms. The van der Waals surface area contributed by atoms with Gasteiger partial charge in [-0.25, -0.2) is 0 Å². The summed E-state index contributed by atoms with van der Waals surface area (Å²) >= 11 is 0. The summed E-state index contributed by atoms with van der Waals surface area (Å²) in [7, 11) is 0. The zero-order valence-corrected chi connectivity index (χ0v) is 22.7. The Morgan fingerprint density at radius 2 is 0.727 bits per heavy atom. The Kier molecular flexibility index (Phi) is 2.60. The minimum Gasteiger partial charge on any atom is -0.0610 e. The van der Waals surface area contributed by atoms with E-state index in [-0.39, 0.29) is 100 Å². The molecule has 0 unspecified atom stereocenters. The van der Waals surface area contributed by atoms with Crippen LogP contribution in [0, 0.1) is 0 Å². The maximum Gasteiger partial charge on any atom is 0.0630 e. The van der Waals surface area contributed by atoms with Gasteiger partial charge in [0.15, 0.2) is 0 Å². The largest absolute Gasteiger partial charge is 0.0630 e. The third-order valence-corrected chi connectivity index (χ3v) is 8.35. The number of hydrogen-bond donors (Lipinski definition) is 0. The van der Waals surface area contributed by atoms with E-state index in [1.54, 1.807) is 48.5 Å². The molecule has 0 nitrogen and oxygen atoms in total. The molecule has 10 aromatic rings. The molecule has 0 heteroatoms. The highest BCUT2D eigenvalue weighted by molar-refractivity contribution is 6.26. The van der Waals surface area contributed by atoms with Crippen LogP contribution in [0.25, 0.3) is 98.0 Å². The molecule has 202 valence electrons. The van der Waals surface area contributed by atoms with Crippen molar-refractivity contribution in [1.82, 2.24) is 0 Å². The van der Waals surface area contributed by atoms with Crippen LogP contribution >= 0.6 is 0 Å². The zero-order chi connectivity index (χ0) is 43.6. The van der Waals surface area contributed by atoms with Crippen molar-refractivity contribution in [2.75, 3.05) is 0 Å². The summed E-state index contributed by atoms with van der Waals surface area (Å²) in [6.45, 7) is 0. The van der Waals surface area contributed by atoms with Crippen LogP contribution in [0.4, 0.5) is 0 Å². The summed E-state index contributed by atoms with van der Waals surface area (Å²) in [6.07, 6.45) is 0. The molecule has 0 saturated carbocycles. The van der Waals surface area contributed by atoms with Gasteiger partial charge in [0.05, 0.1) is 23.3 Å². The Morgan fingerprint density at radius 3 is 1.30 bits per heavy atom. The Morgan fingerprint density at radius 1 is 0.318 bits per heavy atom. The molecular weight excluding hydrogens is 528 g/mol. The lowest BCUT2D eigenvalue weighted by Gasteiger charge is -2.15. The zero-order valence-electron chi connectivity index (χ0n) is 39.7. The van der Waals surface area contributed by atoms with Crippen molar-refractivity contribution in [3.63, 3.8) is 0 Å². The first-order valence-electron chi connectivity index (χ1n) is 22.5. The van der Waals surface area contributed by atoms with Gasteiger partial charge in [0.1, 0.15) is 0 Å². The van der Waals surface area contributed by atoms with E-state index < -0.39 is 72.5 Å². The summed E-state index contributed by atoms with van der Waals surface area (Å²) in [5, 5.41) is 0.102. The van der Waals surface area contributed by atoms with E-state index in [1.807, 2.05) is 0 Å². The van der Waals surface area contributed by atoms with Crippen LogP contribution in [0.3, 0.4) is 0 Å². The first-order chi connectivity index (χ1) is 28.9. The second kappa shape index (κ2) is 8.89. The van der Waals surface area contributed by atoms with Gasteiger partial charge in [0.2, 0.25) is 0 Å². The van der Waals surface area contributed by atoms with Crippen LogP contribution in [-0.4, -0.2) is 0 Å². The molecule has 0 aliphatic rings. The van der Waals surface area contributed by atoms with E-state index in [0.29, 0.717) is 27.8 Å². The van der Waals surface area contributed by atoms with Crippen molar-refractivity contribution >= 4 is 64.6 Å². The highest BCUT2D eigenvalue weighted by Crippen LogP contribution is 2.42. The molecule has 0 radical (unpaired) electrons. The number of benzene rings is 10. The first kappa shape index (κ1) is 12.9. The topological polar surface area (TPSA) is 0 Å². The molecule has 10 aromatic carbocycles. The first-order valence-corrected chi connectivity index (χ1v) is 14.0. The van der Waals surface area contributed by atoms with Gasteiger partial charge in [-0.3, -0.25) is 0 Å². The number of hydrogen-bond acceptors (Lipinski definition) is 0. The summed E-state index contributed by atoms with van der Waals surface area (Å²) in [6, 6.07) is 8.30.